The maximum absolute atomic E-state index is 12.1. The number of ether oxygens (including phenoxy) is 2. The third-order valence-corrected chi connectivity index (χ3v) is 3.98. The predicted molar refractivity (Wildman–Crippen MR) is 95.4 cm³/mol. The summed E-state index contributed by atoms with van der Waals surface area (Å²) in [6.45, 7) is 3.49. The average molecular weight is 392 g/mol. The van der Waals surface area contributed by atoms with Crippen LogP contribution in [0.1, 0.15) is 22.8 Å². The molecule has 0 heterocycles. The normalized spacial score (nSPS) is 11.5. The Balaban J connectivity index is 1.98. The van der Waals surface area contributed by atoms with Gasteiger partial charge >= 0.3 is 5.97 Å². The zero-order chi connectivity index (χ0) is 17.7. The Morgan fingerprint density at radius 3 is 2.38 bits per heavy atom. The number of benzene rings is 2. The van der Waals surface area contributed by atoms with Crippen LogP contribution in [0, 0.1) is 6.92 Å². The van der Waals surface area contributed by atoms with Gasteiger partial charge in [0.05, 0.1) is 17.1 Å². The van der Waals surface area contributed by atoms with E-state index in [-0.39, 0.29) is 5.91 Å². The Bertz CT molecular complexity index is 743. The van der Waals surface area contributed by atoms with Crippen molar-refractivity contribution in [1.29, 1.82) is 0 Å². The van der Waals surface area contributed by atoms with Gasteiger partial charge < -0.3 is 14.8 Å². The molecule has 6 heteroatoms. The highest BCUT2D eigenvalue weighted by molar-refractivity contribution is 9.10. The number of carbonyl (C=O) groups is 2. The van der Waals surface area contributed by atoms with E-state index in [0.29, 0.717) is 21.5 Å². The van der Waals surface area contributed by atoms with E-state index in [9.17, 15) is 9.59 Å². The number of hydrogen-bond donors (Lipinski definition) is 1. The first-order valence-electron chi connectivity index (χ1n) is 7.32. The summed E-state index contributed by atoms with van der Waals surface area (Å²) < 4.78 is 11.0. The van der Waals surface area contributed by atoms with Crippen LogP contribution >= 0.6 is 15.9 Å². The molecule has 2 rings (SSSR count). The fourth-order valence-electron chi connectivity index (χ4n) is 1.96. The van der Waals surface area contributed by atoms with E-state index in [0.717, 1.165) is 5.56 Å². The number of rotatable bonds is 5. The van der Waals surface area contributed by atoms with E-state index in [1.54, 1.807) is 30.3 Å². The molecule has 1 atom stereocenters. The van der Waals surface area contributed by atoms with E-state index >= 15 is 0 Å². The van der Waals surface area contributed by atoms with Crippen LogP contribution in [0.3, 0.4) is 0 Å². The first-order chi connectivity index (χ1) is 11.4. The number of amides is 1. The second kappa shape index (κ2) is 7.97. The van der Waals surface area contributed by atoms with Gasteiger partial charge in [-0.15, -0.1) is 0 Å². The standard InChI is InChI=1S/C18H18BrNO4/c1-11-4-7-14(8-5-11)20-17(21)12(2)24-18(22)13-6-9-16(23-3)15(19)10-13/h4-10,12H,1-3H3,(H,20,21)/t12-/m0/s1. The predicted octanol–water partition coefficient (Wildman–Crippen LogP) is 3.95. The van der Waals surface area contributed by atoms with Crippen molar-refractivity contribution >= 4 is 33.5 Å². The molecule has 0 saturated heterocycles. The molecule has 0 unspecified atom stereocenters. The van der Waals surface area contributed by atoms with Crippen molar-refractivity contribution in [2.45, 2.75) is 20.0 Å². The molecule has 2 aromatic carbocycles. The summed E-state index contributed by atoms with van der Waals surface area (Å²) in [5.41, 5.74) is 2.08. The highest BCUT2D eigenvalue weighted by Crippen LogP contribution is 2.26. The minimum Gasteiger partial charge on any atom is -0.496 e. The van der Waals surface area contributed by atoms with Crippen molar-refractivity contribution in [2.75, 3.05) is 12.4 Å². The lowest BCUT2D eigenvalue weighted by Crippen LogP contribution is -2.30. The highest BCUT2D eigenvalue weighted by atomic mass is 79.9. The van der Waals surface area contributed by atoms with Gasteiger partial charge in [0, 0.05) is 5.69 Å². The molecule has 0 spiro atoms. The molecule has 0 fully saturated rings. The Kier molecular flexibility index (Phi) is 5.98. The second-order valence-electron chi connectivity index (χ2n) is 5.25. The van der Waals surface area contributed by atoms with Crippen molar-refractivity contribution in [2.24, 2.45) is 0 Å². The van der Waals surface area contributed by atoms with Crippen LogP contribution in [0.5, 0.6) is 5.75 Å². The molecule has 0 aliphatic rings. The molecular formula is C18H18BrNO4. The smallest absolute Gasteiger partial charge is 0.338 e. The van der Waals surface area contributed by atoms with Gasteiger partial charge in [0.2, 0.25) is 0 Å². The third-order valence-electron chi connectivity index (χ3n) is 3.36. The van der Waals surface area contributed by atoms with E-state index in [4.69, 9.17) is 9.47 Å². The van der Waals surface area contributed by atoms with Gasteiger partial charge in [0.1, 0.15) is 5.75 Å². The van der Waals surface area contributed by atoms with Crippen LogP contribution in [-0.2, 0) is 9.53 Å². The van der Waals surface area contributed by atoms with Crippen LogP contribution in [0.15, 0.2) is 46.9 Å². The van der Waals surface area contributed by atoms with Crippen molar-refractivity contribution < 1.29 is 19.1 Å². The fourth-order valence-corrected chi connectivity index (χ4v) is 2.50. The molecule has 0 bridgehead atoms. The number of nitrogens with one attached hydrogen (secondary N) is 1. The van der Waals surface area contributed by atoms with Crippen LogP contribution in [0.4, 0.5) is 5.69 Å². The van der Waals surface area contributed by atoms with Crippen molar-refractivity contribution in [3.63, 3.8) is 0 Å². The molecule has 126 valence electrons. The number of anilines is 1. The summed E-state index contributed by atoms with van der Waals surface area (Å²) in [4.78, 5) is 24.3. The summed E-state index contributed by atoms with van der Waals surface area (Å²) in [6, 6.07) is 12.2. The molecule has 2 aromatic rings. The molecule has 0 aromatic heterocycles. The van der Waals surface area contributed by atoms with Gasteiger partial charge in [0.15, 0.2) is 6.10 Å². The molecule has 0 aliphatic carbocycles. The fraction of sp³-hybridized carbons (Fsp3) is 0.222. The van der Waals surface area contributed by atoms with Gasteiger partial charge in [-0.25, -0.2) is 4.79 Å². The van der Waals surface area contributed by atoms with Gasteiger partial charge in [0.25, 0.3) is 5.91 Å². The first-order valence-corrected chi connectivity index (χ1v) is 8.12. The zero-order valence-electron chi connectivity index (χ0n) is 13.6. The largest absolute Gasteiger partial charge is 0.496 e. The average Bonchev–Trinajstić information content (AvgIpc) is 2.56. The number of methoxy groups -OCH3 is 1. The first kappa shape index (κ1) is 18.0. The van der Waals surface area contributed by atoms with Crippen molar-refractivity contribution in [3.8, 4) is 5.75 Å². The van der Waals surface area contributed by atoms with E-state index in [1.165, 1.54) is 14.0 Å². The topological polar surface area (TPSA) is 64.6 Å². The van der Waals surface area contributed by atoms with Gasteiger partial charge in [-0.2, -0.15) is 0 Å². The summed E-state index contributed by atoms with van der Waals surface area (Å²) in [7, 11) is 1.54. The van der Waals surface area contributed by atoms with Gasteiger partial charge in [-0.05, 0) is 60.1 Å². The number of esters is 1. The molecule has 1 N–H and O–H groups in total. The lowest BCUT2D eigenvalue weighted by atomic mass is 10.2. The number of aryl methyl sites for hydroxylation is 1. The van der Waals surface area contributed by atoms with Crippen LogP contribution in [0.2, 0.25) is 0 Å². The van der Waals surface area contributed by atoms with E-state index in [1.807, 2.05) is 19.1 Å². The number of hydrogen-bond acceptors (Lipinski definition) is 4. The summed E-state index contributed by atoms with van der Waals surface area (Å²) in [5.74, 6) is -0.360. The lowest BCUT2D eigenvalue weighted by Gasteiger charge is -2.14. The second-order valence-corrected chi connectivity index (χ2v) is 6.11. The molecule has 24 heavy (non-hydrogen) atoms. The number of halogens is 1. The van der Waals surface area contributed by atoms with Gasteiger partial charge in [-0.1, -0.05) is 17.7 Å². The SMILES string of the molecule is COc1ccc(C(=O)O[C@@H](C)C(=O)Nc2ccc(C)cc2)cc1Br. The van der Waals surface area contributed by atoms with Crippen LogP contribution in [0.25, 0.3) is 0 Å². The Labute approximate surface area is 149 Å². The molecule has 5 nitrogen and oxygen atoms in total. The molecule has 0 radical (unpaired) electrons. The van der Waals surface area contributed by atoms with E-state index < -0.39 is 12.1 Å². The minimum absolute atomic E-state index is 0.331. The summed E-state index contributed by atoms with van der Waals surface area (Å²) >= 11 is 3.31. The maximum Gasteiger partial charge on any atom is 0.338 e. The monoisotopic (exact) mass is 391 g/mol. The van der Waals surface area contributed by atoms with Crippen LogP contribution in [-0.4, -0.2) is 25.1 Å². The third kappa shape index (κ3) is 4.58. The number of carbonyl (C=O) groups excluding carboxylic acids is 2. The summed E-state index contributed by atoms with van der Waals surface area (Å²) in [5, 5.41) is 2.71. The Morgan fingerprint density at radius 1 is 1.12 bits per heavy atom. The molecule has 1 amide bonds. The Morgan fingerprint density at radius 2 is 1.79 bits per heavy atom. The molecule has 0 aliphatic heterocycles. The summed E-state index contributed by atoms with van der Waals surface area (Å²) in [6.07, 6.45) is -0.917. The maximum atomic E-state index is 12.1. The Hall–Kier alpha value is -2.34. The quantitative estimate of drug-likeness (QED) is 0.783. The minimum atomic E-state index is -0.917. The molecule has 0 saturated carbocycles. The zero-order valence-corrected chi connectivity index (χ0v) is 15.2. The van der Waals surface area contributed by atoms with Crippen LogP contribution < -0.4 is 10.1 Å². The van der Waals surface area contributed by atoms with E-state index in [2.05, 4.69) is 21.2 Å². The van der Waals surface area contributed by atoms with Crippen molar-refractivity contribution in [3.05, 3.63) is 58.1 Å². The highest BCUT2D eigenvalue weighted by Gasteiger charge is 2.19. The van der Waals surface area contributed by atoms with Gasteiger partial charge in [-0.3, -0.25) is 4.79 Å². The lowest BCUT2D eigenvalue weighted by molar-refractivity contribution is -0.123. The van der Waals surface area contributed by atoms with Crippen molar-refractivity contribution in [1.82, 2.24) is 0 Å². The molecular weight excluding hydrogens is 374 g/mol.